The molecule has 1 aliphatic rings. The van der Waals surface area contributed by atoms with Crippen molar-refractivity contribution < 1.29 is 9.53 Å². The largest absolute Gasteiger partial charge is 0.370 e. The number of halogens is 1. The zero-order chi connectivity index (χ0) is 12.3. The Bertz CT molecular complexity index is 380. The van der Waals surface area contributed by atoms with E-state index in [0.29, 0.717) is 19.7 Å². The van der Waals surface area contributed by atoms with Gasteiger partial charge in [-0.3, -0.25) is 4.79 Å². The van der Waals surface area contributed by atoms with Crippen LogP contribution in [-0.2, 0) is 9.53 Å². The van der Waals surface area contributed by atoms with Crippen molar-refractivity contribution in [3.05, 3.63) is 35.9 Å². The normalized spacial score (nSPS) is 22.2. The molecule has 0 unspecified atom stereocenters. The summed E-state index contributed by atoms with van der Waals surface area (Å²) < 4.78 is 5.71. The number of carbonyl (C=O) groups excluding carboxylic acids is 1. The molecule has 4 heteroatoms. The number of nitrogens with zero attached hydrogens (tertiary/aromatic N) is 1. The second-order valence-corrected chi connectivity index (χ2v) is 5.54. The molecule has 0 aromatic heterocycles. The third-order valence-corrected chi connectivity index (χ3v) is 3.28. The highest BCUT2D eigenvalue weighted by atomic mass is 79.9. The molecule has 2 atom stereocenters. The maximum absolute atomic E-state index is 11.9. The predicted octanol–water partition coefficient (Wildman–Crippen LogP) is 2.37. The molecule has 1 fully saturated rings. The molecule has 92 valence electrons. The summed E-state index contributed by atoms with van der Waals surface area (Å²) in [6, 6.07) is 10.0. The van der Waals surface area contributed by atoms with Gasteiger partial charge in [0.15, 0.2) is 0 Å². The Morgan fingerprint density at radius 2 is 2.18 bits per heavy atom. The van der Waals surface area contributed by atoms with E-state index in [0.717, 1.165) is 5.56 Å². The summed E-state index contributed by atoms with van der Waals surface area (Å²) in [4.78, 5) is 13.6. The first-order valence-corrected chi connectivity index (χ1v) is 6.69. The molecule has 1 aromatic carbocycles. The summed E-state index contributed by atoms with van der Waals surface area (Å²) in [5.74, 6) is 0.134. The van der Waals surface area contributed by atoms with Crippen LogP contribution in [0.15, 0.2) is 30.3 Å². The maximum Gasteiger partial charge on any atom is 0.236 e. The highest BCUT2D eigenvalue weighted by Crippen LogP contribution is 2.22. The lowest BCUT2D eigenvalue weighted by atomic mass is 10.1. The van der Waals surface area contributed by atoms with E-state index in [-0.39, 0.29) is 16.8 Å². The minimum atomic E-state index is -0.128. The molecular weight excluding hydrogens is 282 g/mol. The first-order chi connectivity index (χ1) is 8.18. The van der Waals surface area contributed by atoms with Gasteiger partial charge >= 0.3 is 0 Å². The molecule has 0 saturated carbocycles. The van der Waals surface area contributed by atoms with Crippen LogP contribution >= 0.6 is 15.9 Å². The van der Waals surface area contributed by atoms with Crippen LogP contribution in [-0.4, -0.2) is 35.3 Å². The molecule has 1 aromatic rings. The number of carbonyl (C=O) groups is 1. The van der Waals surface area contributed by atoms with E-state index in [1.165, 1.54) is 0 Å². The van der Waals surface area contributed by atoms with Gasteiger partial charge in [-0.25, -0.2) is 0 Å². The fourth-order valence-electron chi connectivity index (χ4n) is 1.97. The summed E-state index contributed by atoms with van der Waals surface area (Å²) in [7, 11) is 0. The van der Waals surface area contributed by atoms with Crippen LogP contribution in [0.5, 0.6) is 0 Å². The van der Waals surface area contributed by atoms with Gasteiger partial charge in [0, 0.05) is 6.54 Å². The maximum atomic E-state index is 11.9. The summed E-state index contributed by atoms with van der Waals surface area (Å²) in [6.07, 6.45) is 0.000139. The average Bonchev–Trinajstić information content (AvgIpc) is 2.39. The van der Waals surface area contributed by atoms with Gasteiger partial charge in [-0.2, -0.15) is 0 Å². The second kappa shape index (κ2) is 5.65. The van der Waals surface area contributed by atoms with E-state index in [4.69, 9.17) is 4.74 Å². The minimum absolute atomic E-state index is 0.000139. The summed E-state index contributed by atoms with van der Waals surface area (Å²) in [5.41, 5.74) is 1.13. The number of amides is 1. The van der Waals surface area contributed by atoms with Crippen LogP contribution < -0.4 is 0 Å². The van der Waals surface area contributed by atoms with Gasteiger partial charge in [0.2, 0.25) is 5.91 Å². The number of hydrogen-bond acceptors (Lipinski definition) is 2. The first-order valence-electron chi connectivity index (χ1n) is 5.78. The van der Waals surface area contributed by atoms with E-state index >= 15 is 0 Å². The smallest absolute Gasteiger partial charge is 0.236 e. The van der Waals surface area contributed by atoms with E-state index in [1.807, 2.05) is 42.2 Å². The monoisotopic (exact) mass is 297 g/mol. The summed E-state index contributed by atoms with van der Waals surface area (Å²) >= 11 is 3.32. The van der Waals surface area contributed by atoms with Crippen molar-refractivity contribution in [1.29, 1.82) is 0 Å². The second-order valence-electron chi connectivity index (χ2n) is 4.17. The Balaban J connectivity index is 2.05. The van der Waals surface area contributed by atoms with Crippen molar-refractivity contribution in [1.82, 2.24) is 4.90 Å². The molecule has 3 nitrogen and oxygen atoms in total. The number of hydrogen-bond donors (Lipinski definition) is 0. The number of rotatable bonds is 2. The van der Waals surface area contributed by atoms with Crippen molar-refractivity contribution in [2.24, 2.45) is 0 Å². The van der Waals surface area contributed by atoms with Gasteiger partial charge < -0.3 is 9.64 Å². The molecule has 2 rings (SSSR count). The molecule has 0 N–H and O–H groups in total. The van der Waals surface area contributed by atoms with Crippen molar-refractivity contribution in [2.75, 3.05) is 19.7 Å². The molecule has 1 amide bonds. The van der Waals surface area contributed by atoms with Crippen LogP contribution in [0.25, 0.3) is 0 Å². The molecule has 0 bridgehead atoms. The van der Waals surface area contributed by atoms with Crippen molar-refractivity contribution in [3.8, 4) is 0 Å². The standard InChI is InChI=1S/C13H16BrNO2/c1-10(14)13(16)15-7-8-17-12(9-15)11-5-3-2-4-6-11/h2-6,10,12H,7-9H2,1H3/t10-,12+/m1/s1. The number of alkyl halides is 1. The molecule has 0 aliphatic carbocycles. The van der Waals surface area contributed by atoms with Crippen LogP contribution in [0.2, 0.25) is 0 Å². The van der Waals surface area contributed by atoms with Gasteiger partial charge in [0.1, 0.15) is 6.10 Å². The molecule has 0 radical (unpaired) electrons. The van der Waals surface area contributed by atoms with Crippen molar-refractivity contribution in [2.45, 2.75) is 17.9 Å². The average molecular weight is 298 g/mol. The van der Waals surface area contributed by atoms with Crippen LogP contribution in [0, 0.1) is 0 Å². The van der Waals surface area contributed by atoms with Gasteiger partial charge in [-0.05, 0) is 12.5 Å². The Hall–Kier alpha value is -0.870. The number of ether oxygens (including phenoxy) is 1. The van der Waals surface area contributed by atoms with Crippen LogP contribution in [0.4, 0.5) is 0 Å². The highest BCUT2D eigenvalue weighted by molar-refractivity contribution is 9.10. The van der Waals surface area contributed by atoms with E-state index in [2.05, 4.69) is 15.9 Å². The molecule has 1 aliphatic heterocycles. The molecule has 1 heterocycles. The third-order valence-electron chi connectivity index (χ3n) is 2.89. The van der Waals surface area contributed by atoms with Gasteiger partial charge in [-0.1, -0.05) is 46.3 Å². The van der Waals surface area contributed by atoms with Gasteiger partial charge in [0.25, 0.3) is 0 Å². The topological polar surface area (TPSA) is 29.5 Å². The SMILES string of the molecule is C[C@@H](Br)C(=O)N1CCO[C@H](c2ccccc2)C1. The minimum Gasteiger partial charge on any atom is -0.370 e. The molecular formula is C13H16BrNO2. The van der Waals surface area contributed by atoms with Crippen LogP contribution in [0.1, 0.15) is 18.6 Å². The Labute approximate surface area is 110 Å². The number of morpholine rings is 1. The lowest BCUT2D eigenvalue weighted by Crippen LogP contribution is -2.44. The Morgan fingerprint density at radius 3 is 2.82 bits per heavy atom. The van der Waals surface area contributed by atoms with E-state index in [9.17, 15) is 4.79 Å². The van der Waals surface area contributed by atoms with Crippen molar-refractivity contribution in [3.63, 3.8) is 0 Å². The van der Waals surface area contributed by atoms with Gasteiger partial charge in [0.05, 0.1) is 18.0 Å². The Morgan fingerprint density at radius 1 is 1.47 bits per heavy atom. The molecule has 0 spiro atoms. The predicted molar refractivity (Wildman–Crippen MR) is 70.1 cm³/mol. The fourth-order valence-corrected chi connectivity index (χ4v) is 2.26. The first kappa shape index (κ1) is 12.6. The third kappa shape index (κ3) is 3.07. The van der Waals surface area contributed by atoms with E-state index < -0.39 is 0 Å². The van der Waals surface area contributed by atoms with Crippen molar-refractivity contribution >= 4 is 21.8 Å². The fraction of sp³-hybridized carbons (Fsp3) is 0.462. The number of benzene rings is 1. The summed E-state index contributed by atoms with van der Waals surface area (Å²) in [5, 5.41) is 0. The quantitative estimate of drug-likeness (QED) is 0.785. The van der Waals surface area contributed by atoms with Crippen LogP contribution in [0.3, 0.4) is 0 Å². The molecule has 17 heavy (non-hydrogen) atoms. The Kier molecular flexibility index (Phi) is 4.18. The zero-order valence-corrected chi connectivity index (χ0v) is 11.4. The molecule has 1 saturated heterocycles. The van der Waals surface area contributed by atoms with Gasteiger partial charge in [-0.15, -0.1) is 0 Å². The lowest BCUT2D eigenvalue weighted by molar-refractivity contribution is -0.137. The highest BCUT2D eigenvalue weighted by Gasteiger charge is 2.26. The zero-order valence-electron chi connectivity index (χ0n) is 9.80. The summed E-state index contributed by atoms with van der Waals surface area (Å²) in [6.45, 7) is 3.78. The lowest BCUT2D eigenvalue weighted by Gasteiger charge is -2.33. The van der Waals surface area contributed by atoms with E-state index in [1.54, 1.807) is 0 Å².